The first-order valence-electron chi connectivity index (χ1n) is 7.71. The van der Waals surface area contributed by atoms with Crippen LogP contribution in [-0.4, -0.2) is 49.2 Å². The first kappa shape index (κ1) is 15.3. The minimum absolute atomic E-state index is 0.0641. The fourth-order valence-corrected chi connectivity index (χ4v) is 3.07. The summed E-state index contributed by atoms with van der Waals surface area (Å²) in [6.45, 7) is 1.48. The van der Waals surface area contributed by atoms with Gasteiger partial charge >= 0.3 is 5.97 Å². The molecule has 0 aromatic heterocycles. The Morgan fingerprint density at radius 1 is 1.20 bits per heavy atom. The molecule has 0 aromatic carbocycles. The van der Waals surface area contributed by atoms with Crippen molar-refractivity contribution in [3.8, 4) is 0 Å². The Morgan fingerprint density at radius 3 is 2.70 bits per heavy atom. The second kappa shape index (κ2) is 7.62. The van der Waals surface area contributed by atoms with E-state index in [1.54, 1.807) is 4.90 Å². The second-order valence-electron chi connectivity index (χ2n) is 5.65. The van der Waals surface area contributed by atoms with Crippen molar-refractivity contribution in [2.24, 2.45) is 0 Å². The van der Waals surface area contributed by atoms with Crippen LogP contribution in [0.15, 0.2) is 0 Å². The lowest BCUT2D eigenvalue weighted by molar-refractivity contribution is -0.155. The summed E-state index contributed by atoms with van der Waals surface area (Å²) in [5, 5.41) is 0. The number of esters is 1. The molecule has 0 aromatic rings. The summed E-state index contributed by atoms with van der Waals surface area (Å²) >= 11 is 0. The molecule has 2 aliphatic rings. The van der Waals surface area contributed by atoms with E-state index in [0.717, 1.165) is 45.1 Å². The van der Waals surface area contributed by atoms with Crippen LogP contribution >= 0.6 is 0 Å². The van der Waals surface area contributed by atoms with E-state index in [0.29, 0.717) is 13.0 Å². The summed E-state index contributed by atoms with van der Waals surface area (Å²) in [4.78, 5) is 25.8. The quantitative estimate of drug-likeness (QED) is 0.739. The number of methoxy groups -OCH3 is 1. The number of piperidine rings is 1. The van der Waals surface area contributed by atoms with Gasteiger partial charge in [0.05, 0.1) is 13.2 Å². The lowest BCUT2D eigenvalue weighted by Crippen LogP contribution is -2.48. The maximum atomic E-state index is 12.3. The molecule has 2 rings (SSSR count). The molecule has 0 radical (unpaired) electrons. The average Bonchev–Trinajstić information content (AvgIpc) is 2.52. The Bertz CT molecular complexity index is 339. The number of nitrogens with zero attached hydrogens (tertiary/aromatic N) is 1. The lowest BCUT2D eigenvalue weighted by atomic mass is 10.00. The third-order valence-electron chi connectivity index (χ3n) is 4.25. The standard InChI is InChI=1S/C15H25NO4/c1-19-15(18)13-7-2-4-10-16(13)14(17)9-8-12-6-3-5-11-20-12/h12-13H,2-11H2,1H3. The molecule has 1 amide bonds. The minimum Gasteiger partial charge on any atom is -0.467 e. The molecule has 0 spiro atoms. The van der Waals surface area contributed by atoms with Gasteiger partial charge in [-0.3, -0.25) is 4.79 Å². The zero-order valence-electron chi connectivity index (χ0n) is 12.3. The van der Waals surface area contributed by atoms with E-state index in [1.807, 2.05) is 0 Å². The maximum Gasteiger partial charge on any atom is 0.328 e. The summed E-state index contributed by atoms with van der Waals surface area (Å²) in [6, 6.07) is -0.381. The van der Waals surface area contributed by atoms with Gasteiger partial charge in [-0.05, 0) is 44.9 Å². The van der Waals surface area contributed by atoms with Crippen molar-refractivity contribution in [3.05, 3.63) is 0 Å². The van der Waals surface area contributed by atoms with Crippen LogP contribution in [0.4, 0.5) is 0 Å². The number of carbonyl (C=O) groups excluding carboxylic acids is 2. The summed E-state index contributed by atoms with van der Waals surface area (Å²) in [5.41, 5.74) is 0. The van der Waals surface area contributed by atoms with Crippen LogP contribution in [0, 0.1) is 0 Å². The smallest absolute Gasteiger partial charge is 0.328 e. The van der Waals surface area contributed by atoms with Gasteiger partial charge in [0.1, 0.15) is 6.04 Å². The van der Waals surface area contributed by atoms with E-state index in [-0.39, 0.29) is 24.0 Å². The Morgan fingerprint density at radius 2 is 2.00 bits per heavy atom. The summed E-state index contributed by atoms with van der Waals surface area (Å²) < 4.78 is 10.5. The Balaban J connectivity index is 1.83. The van der Waals surface area contributed by atoms with Crippen LogP contribution in [0.1, 0.15) is 51.4 Å². The van der Waals surface area contributed by atoms with E-state index in [9.17, 15) is 9.59 Å². The van der Waals surface area contributed by atoms with Crippen molar-refractivity contribution in [1.29, 1.82) is 0 Å². The molecule has 0 aliphatic carbocycles. The van der Waals surface area contributed by atoms with Gasteiger partial charge in [0, 0.05) is 19.6 Å². The number of likely N-dealkylation sites (tertiary alicyclic amines) is 1. The van der Waals surface area contributed by atoms with Crippen molar-refractivity contribution >= 4 is 11.9 Å². The van der Waals surface area contributed by atoms with E-state index >= 15 is 0 Å². The van der Waals surface area contributed by atoms with Crippen LogP contribution in [-0.2, 0) is 19.1 Å². The molecule has 20 heavy (non-hydrogen) atoms. The molecule has 5 heteroatoms. The zero-order chi connectivity index (χ0) is 14.4. The molecule has 0 bridgehead atoms. The first-order chi connectivity index (χ1) is 9.72. The molecule has 2 heterocycles. The van der Waals surface area contributed by atoms with Crippen molar-refractivity contribution < 1.29 is 19.1 Å². The number of hydrogen-bond acceptors (Lipinski definition) is 4. The highest BCUT2D eigenvalue weighted by atomic mass is 16.5. The molecular formula is C15H25NO4. The number of carbonyl (C=O) groups is 2. The van der Waals surface area contributed by atoms with Gasteiger partial charge in [-0.25, -0.2) is 4.79 Å². The van der Waals surface area contributed by atoms with E-state index in [4.69, 9.17) is 9.47 Å². The predicted molar refractivity (Wildman–Crippen MR) is 74.2 cm³/mol. The molecule has 5 nitrogen and oxygen atoms in total. The van der Waals surface area contributed by atoms with Gasteiger partial charge in [-0.15, -0.1) is 0 Å². The third kappa shape index (κ3) is 3.95. The highest BCUT2D eigenvalue weighted by Gasteiger charge is 2.32. The molecule has 114 valence electrons. The zero-order valence-corrected chi connectivity index (χ0v) is 12.3. The number of amides is 1. The lowest BCUT2D eigenvalue weighted by Gasteiger charge is -2.34. The second-order valence-corrected chi connectivity index (χ2v) is 5.65. The minimum atomic E-state index is -0.381. The summed E-state index contributed by atoms with van der Waals surface area (Å²) in [6.07, 6.45) is 7.49. The fraction of sp³-hybridized carbons (Fsp3) is 0.867. The molecule has 2 saturated heterocycles. The monoisotopic (exact) mass is 283 g/mol. The van der Waals surface area contributed by atoms with Crippen molar-refractivity contribution in [2.75, 3.05) is 20.3 Å². The molecule has 2 atom stereocenters. The molecule has 2 fully saturated rings. The van der Waals surface area contributed by atoms with E-state index < -0.39 is 0 Å². The molecule has 2 aliphatic heterocycles. The first-order valence-corrected chi connectivity index (χ1v) is 7.71. The number of ether oxygens (including phenoxy) is 2. The normalized spacial score (nSPS) is 27.1. The largest absolute Gasteiger partial charge is 0.467 e. The van der Waals surface area contributed by atoms with Gasteiger partial charge in [0.25, 0.3) is 0 Å². The van der Waals surface area contributed by atoms with Crippen molar-refractivity contribution in [2.45, 2.75) is 63.5 Å². The molecular weight excluding hydrogens is 258 g/mol. The SMILES string of the molecule is COC(=O)C1CCCCN1C(=O)CCC1CCCCO1. The highest BCUT2D eigenvalue weighted by Crippen LogP contribution is 2.22. The number of rotatable bonds is 4. The predicted octanol–water partition coefficient (Wildman–Crippen LogP) is 1.89. The highest BCUT2D eigenvalue weighted by molar-refractivity contribution is 5.84. The van der Waals surface area contributed by atoms with Crippen molar-refractivity contribution in [1.82, 2.24) is 4.90 Å². The summed E-state index contributed by atoms with van der Waals surface area (Å²) in [7, 11) is 1.38. The van der Waals surface area contributed by atoms with Gasteiger partial charge < -0.3 is 14.4 Å². The Hall–Kier alpha value is -1.10. The molecule has 0 saturated carbocycles. The van der Waals surface area contributed by atoms with Gasteiger partial charge in [0.15, 0.2) is 0 Å². The molecule has 2 unspecified atom stereocenters. The fourth-order valence-electron chi connectivity index (χ4n) is 3.07. The van der Waals surface area contributed by atoms with Crippen molar-refractivity contribution in [3.63, 3.8) is 0 Å². The van der Waals surface area contributed by atoms with E-state index in [1.165, 1.54) is 13.5 Å². The van der Waals surface area contributed by atoms with Gasteiger partial charge in [-0.1, -0.05) is 0 Å². The Kier molecular flexibility index (Phi) is 5.83. The van der Waals surface area contributed by atoms with Crippen LogP contribution in [0.2, 0.25) is 0 Å². The summed E-state index contributed by atoms with van der Waals surface area (Å²) in [5.74, 6) is -0.221. The maximum absolute atomic E-state index is 12.3. The molecule has 0 N–H and O–H groups in total. The van der Waals surface area contributed by atoms with Gasteiger partial charge in [0.2, 0.25) is 5.91 Å². The van der Waals surface area contributed by atoms with Crippen LogP contribution < -0.4 is 0 Å². The van der Waals surface area contributed by atoms with E-state index in [2.05, 4.69) is 0 Å². The third-order valence-corrected chi connectivity index (χ3v) is 4.25. The number of hydrogen-bond donors (Lipinski definition) is 0. The van der Waals surface area contributed by atoms with Crippen LogP contribution in [0.25, 0.3) is 0 Å². The Labute approximate surface area is 120 Å². The topological polar surface area (TPSA) is 55.8 Å². The van der Waals surface area contributed by atoms with Crippen LogP contribution in [0.5, 0.6) is 0 Å². The van der Waals surface area contributed by atoms with Crippen LogP contribution in [0.3, 0.4) is 0 Å². The average molecular weight is 283 g/mol. The van der Waals surface area contributed by atoms with Gasteiger partial charge in [-0.2, -0.15) is 0 Å².